The lowest BCUT2D eigenvalue weighted by atomic mass is 9.70. The average molecular weight is 665 g/mol. The third-order valence-electron chi connectivity index (χ3n) is 12.1. The zero-order valence-electron chi connectivity index (χ0n) is 28.3. The summed E-state index contributed by atoms with van der Waals surface area (Å²) in [5.41, 5.74) is 13.5. The van der Waals surface area contributed by atoms with Crippen molar-refractivity contribution in [3.8, 4) is 28.0 Å². The Morgan fingerprint density at radius 2 is 1.13 bits per heavy atom. The Kier molecular flexibility index (Phi) is 5.60. The highest BCUT2D eigenvalue weighted by Gasteiger charge is 2.51. The van der Waals surface area contributed by atoms with Crippen LogP contribution in [0.4, 0.5) is 0 Å². The molecule has 0 radical (unpaired) electrons. The van der Waals surface area contributed by atoms with Crippen molar-refractivity contribution in [1.29, 1.82) is 0 Å². The van der Waals surface area contributed by atoms with Gasteiger partial charge in [-0.15, -0.1) is 0 Å². The predicted molar refractivity (Wildman–Crippen MR) is 210 cm³/mol. The smallest absolute Gasteiger partial charge is 0.149 e. The van der Waals surface area contributed by atoms with E-state index in [9.17, 15) is 0 Å². The van der Waals surface area contributed by atoms with E-state index < -0.39 is 0 Å². The number of nitrogens with zero attached hydrogens (tertiary/aromatic N) is 1. The molecule has 1 N–H and O–H groups in total. The highest BCUT2D eigenvalue weighted by Crippen LogP contribution is 2.62. The SMILES string of the molecule is c1ccc(-c2ccc(C3NC(c4ccc5c(c4)-c4ccccc4C54c5cccc6ccc7cccc4c7c56)=NC4c5ccccc5OC43)cc2)cc1. The molecule has 3 unspecified atom stereocenters. The van der Waals surface area contributed by atoms with Crippen LogP contribution in [-0.2, 0) is 5.41 Å². The molecule has 8 aromatic carbocycles. The van der Waals surface area contributed by atoms with Crippen molar-refractivity contribution in [2.45, 2.75) is 23.6 Å². The predicted octanol–water partition coefficient (Wildman–Crippen LogP) is 10.9. The van der Waals surface area contributed by atoms with Crippen LogP contribution in [-0.4, -0.2) is 11.9 Å². The lowest BCUT2D eigenvalue weighted by Gasteiger charge is -2.34. The fourth-order valence-corrected chi connectivity index (χ4v) is 9.90. The molecular weight excluding hydrogens is 633 g/mol. The van der Waals surface area contributed by atoms with Crippen molar-refractivity contribution in [3.05, 3.63) is 209 Å². The third kappa shape index (κ3) is 3.62. The van der Waals surface area contributed by atoms with E-state index >= 15 is 0 Å². The standard InChI is InChI=1S/C49H32N2O/c1-2-10-29(11-3-1)30-20-24-33(25-21-30)45-47-46(36-15-5-7-19-42(36)52-47)51-48(50-45)34-26-27-39-37(28-34)35-14-4-6-16-38(35)49(39)40-17-8-12-31-22-23-32-13-9-18-41(49)44(32)43(31)40/h1-28,45-47H,(H,50,51). The van der Waals surface area contributed by atoms with Gasteiger partial charge in [-0.1, -0.05) is 158 Å². The van der Waals surface area contributed by atoms with Crippen LogP contribution in [0, 0.1) is 0 Å². The number of nitrogens with one attached hydrogen (secondary N) is 1. The molecular formula is C49H32N2O. The Hall–Kier alpha value is -6.45. The summed E-state index contributed by atoms with van der Waals surface area (Å²) in [5.74, 6) is 1.82. The highest BCUT2D eigenvalue weighted by atomic mass is 16.5. The Labute approximate surface area is 301 Å². The molecule has 0 bridgehead atoms. The van der Waals surface area contributed by atoms with Gasteiger partial charge in [-0.2, -0.15) is 0 Å². The van der Waals surface area contributed by atoms with Gasteiger partial charge in [0.15, 0.2) is 0 Å². The molecule has 1 spiro atoms. The molecule has 3 nitrogen and oxygen atoms in total. The van der Waals surface area contributed by atoms with Crippen LogP contribution < -0.4 is 10.1 Å². The molecule has 2 aliphatic heterocycles. The topological polar surface area (TPSA) is 33.6 Å². The van der Waals surface area contributed by atoms with Gasteiger partial charge in [0.1, 0.15) is 23.7 Å². The van der Waals surface area contributed by atoms with Crippen LogP contribution in [0.25, 0.3) is 43.8 Å². The molecule has 0 amide bonds. The van der Waals surface area contributed by atoms with Gasteiger partial charge < -0.3 is 10.1 Å². The summed E-state index contributed by atoms with van der Waals surface area (Å²) in [6, 6.07) is 62.1. The fraction of sp³-hybridized carbons (Fsp3) is 0.0816. The number of fused-ring (bicyclic) bond motifs is 10. The largest absolute Gasteiger partial charge is 0.485 e. The van der Waals surface area contributed by atoms with Gasteiger partial charge in [0.05, 0.1) is 11.5 Å². The minimum atomic E-state index is -0.374. The number of amidine groups is 1. The van der Waals surface area contributed by atoms with Crippen LogP contribution in [0.1, 0.15) is 51.0 Å². The molecule has 0 saturated carbocycles. The van der Waals surface area contributed by atoms with Crippen LogP contribution in [0.3, 0.4) is 0 Å². The van der Waals surface area contributed by atoms with Crippen LogP contribution in [0.2, 0.25) is 0 Å². The van der Waals surface area contributed by atoms with Crippen LogP contribution >= 0.6 is 0 Å². The minimum Gasteiger partial charge on any atom is -0.485 e. The second kappa shape index (κ2) is 10.3. The van der Waals surface area contributed by atoms with Crippen molar-refractivity contribution in [2.75, 3.05) is 0 Å². The first-order valence-electron chi connectivity index (χ1n) is 18.2. The summed E-state index contributed by atoms with van der Waals surface area (Å²) < 4.78 is 6.68. The maximum absolute atomic E-state index is 6.68. The number of aliphatic imine (C=N–C) groups is 1. The van der Waals surface area contributed by atoms with E-state index in [1.165, 1.54) is 71.6 Å². The number of para-hydroxylation sites is 1. The molecule has 2 aliphatic carbocycles. The number of rotatable bonds is 3. The Bertz CT molecular complexity index is 2750. The van der Waals surface area contributed by atoms with Crippen molar-refractivity contribution in [1.82, 2.24) is 5.32 Å². The normalized spacial score (nSPS) is 19.5. The third-order valence-corrected chi connectivity index (χ3v) is 12.1. The van der Waals surface area contributed by atoms with E-state index in [4.69, 9.17) is 9.73 Å². The molecule has 3 atom stereocenters. The van der Waals surface area contributed by atoms with E-state index in [0.717, 1.165) is 22.7 Å². The molecule has 0 aromatic heterocycles. The van der Waals surface area contributed by atoms with Gasteiger partial charge in [-0.25, -0.2) is 0 Å². The van der Waals surface area contributed by atoms with Crippen molar-refractivity contribution < 1.29 is 4.74 Å². The maximum Gasteiger partial charge on any atom is 0.149 e. The first-order chi connectivity index (χ1) is 25.8. The Balaban J connectivity index is 1.02. The summed E-state index contributed by atoms with van der Waals surface area (Å²) in [5, 5.41) is 9.26. The number of hydrogen-bond donors (Lipinski definition) is 1. The van der Waals surface area contributed by atoms with Gasteiger partial charge in [-0.3, -0.25) is 4.99 Å². The second-order valence-corrected chi connectivity index (χ2v) is 14.6. The summed E-state index contributed by atoms with van der Waals surface area (Å²) >= 11 is 0. The van der Waals surface area contributed by atoms with Crippen molar-refractivity contribution in [3.63, 3.8) is 0 Å². The summed E-state index contributed by atoms with van der Waals surface area (Å²) in [6.45, 7) is 0. The molecule has 3 heteroatoms. The van der Waals surface area contributed by atoms with E-state index in [2.05, 4.69) is 169 Å². The molecule has 8 aromatic rings. The maximum atomic E-state index is 6.68. The summed E-state index contributed by atoms with van der Waals surface area (Å²) in [4.78, 5) is 5.44. The molecule has 244 valence electrons. The number of ether oxygens (including phenoxy) is 1. The molecule has 52 heavy (non-hydrogen) atoms. The monoisotopic (exact) mass is 664 g/mol. The lowest BCUT2D eigenvalue weighted by molar-refractivity contribution is 0.159. The van der Waals surface area contributed by atoms with E-state index in [-0.39, 0.29) is 23.6 Å². The lowest BCUT2D eigenvalue weighted by Crippen LogP contribution is -2.44. The average Bonchev–Trinajstić information content (AvgIpc) is 3.85. The first-order valence-corrected chi connectivity index (χ1v) is 18.2. The van der Waals surface area contributed by atoms with Gasteiger partial charge in [-0.05, 0) is 83.7 Å². The fourth-order valence-electron chi connectivity index (χ4n) is 9.90. The summed E-state index contributed by atoms with van der Waals surface area (Å²) in [7, 11) is 0. The van der Waals surface area contributed by atoms with E-state index in [1.54, 1.807) is 0 Å². The molecule has 4 aliphatic rings. The van der Waals surface area contributed by atoms with E-state index in [1.807, 2.05) is 6.07 Å². The zero-order chi connectivity index (χ0) is 34.0. The molecule has 12 rings (SSSR count). The number of hydrogen-bond acceptors (Lipinski definition) is 3. The Morgan fingerprint density at radius 1 is 0.500 bits per heavy atom. The number of benzene rings is 8. The second-order valence-electron chi connectivity index (χ2n) is 14.6. The molecule has 0 fully saturated rings. The van der Waals surface area contributed by atoms with Crippen molar-refractivity contribution in [2.24, 2.45) is 4.99 Å². The van der Waals surface area contributed by atoms with Crippen LogP contribution in [0.15, 0.2) is 175 Å². The van der Waals surface area contributed by atoms with Crippen molar-refractivity contribution >= 4 is 27.4 Å². The zero-order valence-corrected chi connectivity index (χ0v) is 28.3. The quantitative estimate of drug-likeness (QED) is 0.191. The van der Waals surface area contributed by atoms with Crippen LogP contribution in [0.5, 0.6) is 5.75 Å². The molecule has 0 saturated heterocycles. The minimum absolute atomic E-state index is 0.0823. The van der Waals surface area contributed by atoms with Gasteiger partial charge in [0.25, 0.3) is 0 Å². The summed E-state index contributed by atoms with van der Waals surface area (Å²) in [6.07, 6.45) is -0.153. The van der Waals surface area contributed by atoms with Gasteiger partial charge in [0, 0.05) is 11.1 Å². The van der Waals surface area contributed by atoms with Gasteiger partial charge in [0.2, 0.25) is 0 Å². The molecule has 2 heterocycles. The first kappa shape index (κ1) is 28.3. The Morgan fingerprint density at radius 3 is 1.92 bits per heavy atom. The van der Waals surface area contributed by atoms with Gasteiger partial charge >= 0.3 is 0 Å². The van der Waals surface area contributed by atoms with E-state index in [0.29, 0.717) is 0 Å². The highest BCUT2D eigenvalue weighted by molar-refractivity contribution is 6.17.